The van der Waals surface area contributed by atoms with Gasteiger partial charge < -0.3 is 5.73 Å². The predicted molar refractivity (Wildman–Crippen MR) is 106 cm³/mol. The third kappa shape index (κ3) is 2.89. The van der Waals surface area contributed by atoms with Gasteiger partial charge in [0.25, 0.3) is 0 Å². The molecule has 27 heavy (non-hydrogen) atoms. The van der Waals surface area contributed by atoms with Gasteiger partial charge in [-0.1, -0.05) is 18.2 Å². The van der Waals surface area contributed by atoms with Crippen LogP contribution in [0.25, 0.3) is 27.3 Å². The lowest BCUT2D eigenvalue weighted by Gasteiger charge is -2.02. The Morgan fingerprint density at radius 3 is 2.81 bits per heavy atom. The van der Waals surface area contributed by atoms with Crippen LogP contribution in [0, 0.1) is 18.2 Å². The van der Waals surface area contributed by atoms with E-state index in [9.17, 15) is 4.39 Å². The van der Waals surface area contributed by atoms with Crippen molar-refractivity contribution in [2.45, 2.75) is 6.92 Å². The Balaban J connectivity index is 2.00. The van der Waals surface area contributed by atoms with Gasteiger partial charge in [0.15, 0.2) is 0 Å². The van der Waals surface area contributed by atoms with E-state index in [2.05, 4.69) is 15.1 Å². The fourth-order valence-electron chi connectivity index (χ4n) is 2.95. The number of rotatable bonds is 4. The number of hydrogen-bond donors (Lipinski definition) is 2. The van der Waals surface area contributed by atoms with Crippen molar-refractivity contribution in [2.75, 3.05) is 0 Å². The molecule has 0 amide bonds. The van der Waals surface area contributed by atoms with E-state index in [1.54, 1.807) is 22.7 Å². The first-order valence-corrected chi connectivity index (χ1v) is 8.94. The van der Waals surface area contributed by atoms with Gasteiger partial charge in [0.1, 0.15) is 23.0 Å². The van der Waals surface area contributed by atoms with Crippen LogP contribution in [0.1, 0.15) is 10.6 Å². The molecule has 0 fully saturated rings. The molecule has 0 radical (unpaired) electrons. The molecule has 6 nitrogen and oxygen atoms in total. The Hall–Kier alpha value is -3.39. The van der Waals surface area contributed by atoms with Crippen molar-refractivity contribution in [3.05, 3.63) is 65.0 Å². The molecule has 3 N–H and O–H groups in total. The lowest BCUT2D eigenvalue weighted by atomic mass is 10.1. The van der Waals surface area contributed by atoms with Crippen molar-refractivity contribution in [1.82, 2.24) is 14.6 Å². The number of aliphatic imine (C=N–C) groups is 1. The van der Waals surface area contributed by atoms with E-state index in [4.69, 9.17) is 11.1 Å². The number of nitrogens with zero attached hydrogens (tertiary/aromatic N) is 4. The molecule has 134 valence electrons. The molecule has 0 unspecified atom stereocenters. The molecule has 0 aliphatic carbocycles. The zero-order valence-corrected chi connectivity index (χ0v) is 15.2. The van der Waals surface area contributed by atoms with Gasteiger partial charge in [-0.2, -0.15) is 5.10 Å². The third-order valence-electron chi connectivity index (χ3n) is 4.12. The molecular formula is C19H15FN6S. The van der Waals surface area contributed by atoms with Crippen LogP contribution in [0.3, 0.4) is 0 Å². The summed E-state index contributed by atoms with van der Waals surface area (Å²) >= 11 is 1.31. The number of pyridine rings is 1. The van der Waals surface area contributed by atoms with E-state index in [1.807, 2.05) is 31.3 Å². The zero-order valence-electron chi connectivity index (χ0n) is 14.3. The smallest absolute Gasteiger partial charge is 0.144 e. The number of fused-ring (bicyclic) bond motifs is 1. The molecule has 0 aliphatic rings. The van der Waals surface area contributed by atoms with Crippen LogP contribution in [0.15, 0.2) is 53.7 Å². The summed E-state index contributed by atoms with van der Waals surface area (Å²) in [5.74, 6) is -0.268. The molecule has 0 atom stereocenters. The minimum absolute atomic E-state index is 0.126. The van der Waals surface area contributed by atoms with Crippen LogP contribution in [0.2, 0.25) is 0 Å². The van der Waals surface area contributed by atoms with Crippen LogP contribution >= 0.6 is 11.3 Å². The fraction of sp³-hybridized carbons (Fsp3) is 0.0526. The highest BCUT2D eigenvalue weighted by Gasteiger charge is 2.22. The first-order chi connectivity index (χ1) is 13.1. The topological polar surface area (TPSA) is 92.4 Å². The highest BCUT2D eigenvalue weighted by atomic mass is 32.1. The van der Waals surface area contributed by atoms with Crippen molar-refractivity contribution < 1.29 is 4.39 Å². The number of amidine groups is 1. The van der Waals surface area contributed by atoms with Gasteiger partial charge >= 0.3 is 0 Å². The molecule has 0 aliphatic heterocycles. The van der Waals surface area contributed by atoms with Gasteiger partial charge in [-0.15, -0.1) is 11.3 Å². The van der Waals surface area contributed by atoms with Crippen LogP contribution in [-0.2, 0) is 0 Å². The number of nitrogens with one attached hydrogen (secondary N) is 1. The summed E-state index contributed by atoms with van der Waals surface area (Å²) in [5, 5.41) is 12.4. The standard InChI is InChI=1S/C19H15FN6S/c1-11-15(14-8-4-5-9-26(14)25-11)19-24-16(12-6-2-3-7-13(12)20)17(27-19)18(22)23-10-21/h2-10H,1H3,(H3,21,22,23). The average molecular weight is 378 g/mol. The minimum Gasteiger partial charge on any atom is -0.382 e. The van der Waals surface area contributed by atoms with Crippen LogP contribution in [-0.4, -0.2) is 26.8 Å². The van der Waals surface area contributed by atoms with E-state index < -0.39 is 5.82 Å². The quantitative estimate of drug-likeness (QED) is 0.417. The van der Waals surface area contributed by atoms with E-state index in [-0.39, 0.29) is 5.84 Å². The van der Waals surface area contributed by atoms with E-state index in [0.29, 0.717) is 21.1 Å². The van der Waals surface area contributed by atoms with E-state index >= 15 is 0 Å². The maximum absolute atomic E-state index is 14.4. The molecule has 4 rings (SSSR count). The molecule has 0 bridgehead atoms. The second-order valence-corrected chi connectivity index (χ2v) is 6.81. The molecular weight excluding hydrogens is 363 g/mol. The van der Waals surface area contributed by atoms with Gasteiger partial charge in [0.2, 0.25) is 0 Å². The van der Waals surface area contributed by atoms with Crippen molar-refractivity contribution in [2.24, 2.45) is 10.7 Å². The summed E-state index contributed by atoms with van der Waals surface area (Å²) in [6, 6.07) is 12.2. The van der Waals surface area contributed by atoms with Crippen LogP contribution in [0.5, 0.6) is 0 Å². The van der Waals surface area contributed by atoms with E-state index in [1.165, 1.54) is 17.4 Å². The molecule has 1 aromatic carbocycles. The lowest BCUT2D eigenvalue weighted by Crippen LogP contribution is -2.13. The van der Waals surface area contributed by atoms with E-state index in [0.717, 1.165) is 23.1 Å². The van der Waals surface area contributed by atoms with Gasteiger partial charge in [-0.25, -0.2) is 18.9 Å². The first-order valence-electron chi connectivity index (χ1n) is 8.13. The second-order valence-electron chi connectivity index (χ2n) is 5.81. The Kier molecular flexibility index (Phi) is 4.25. The summed E-state index contributed by atoms with van der Waals surface area (Å²) in [6.45, 7) is 1.90. The number of aryl methyl sites for hydroxylation is 1. The average Bonchev–Trinajstić information content (AvgIpc) is 3.22. The fourth-order valence-corrected chi connectivity index (χ4v) is 4.04. The van der Waals surface area contributed by atoms with Gasteiger partial charge in [0.05, 0.1) is 27.3 Å². The van der Waals surface area contributed by atoms with Crippen molar-refractivity contribution in [3.63, 3.8) is 0 Å². The largest absolute Gasteiger partial charge is 0.382 e. The number of aromatic nitrogens is 3. The van der Waals surface area contributed by atoms with Gasteiger partial charge in [-0.3, -0.25) is 5.41 Å². The Morgan fingerprint density at radius 2 is 2.04 bits per heavy atom. The lowest BCUT2D eigenvalue weighted by molar-refractivity contribution is 0.631. The molecule has 3 heterocycles. The maximum atomic E-state index is 14.4. The summed E-state index contributed by atoms with van der Waals surface area (Å²) < 4.78 is 16.2. The summed E-state index contributed by atoms with van der Waals surface area (Å²) in [5.41, 5.74) is 9.36. The number of nitrogens with two attached hydrogens (primary N) is 1. The van der Waals surface area contributed by atoms with Crippen LogP contribution < -0.4 is 5.73 Å². The monoisotopic (exact) mass is 378 g/mol. The maximum Gasteiger partial charge on any atom is 0.144 e. The predicted octanol–water partition coefficient (Wildman–Crippen LogP) is 3.88. The highest BCUT2D eigenvalue weighted by molar-refractivity contribution is 7.17. The molecule has 0 saturated carbocycles. The van der Waals surface area contributed by atoms with Gasteiger partial charge in [0, 0.05) is 11.8 Å². The molecule has 0 spiro atoms. The molecule has 3 aromatic heterocycles. The second kappa shape index (κ2) is 6.73. The van der Waals surface area contributed by atoms with Gasteiger partial charge in [-0.05, 0) is 31.2 Å². The first kappa shape index (κ1) is 17.0. The number of hydrogen-bond acceptors (Lipinski definition) is 4. The molecule has 0 saturated heterocycles. The normalized spacial score (nSPS) is 11.9. The SMILES string of the molecule is Cc1nn2ccccc2c1-c1nc(-c2ccccc2F)c(C(N)=NC=N)s1. The third-order valence-corrected chi connectivity index (χ3v) is 5.22. The van der Waals surface area contributed by atoms with Crippen molar-refractivity contribution in [1.29, 1.82) is 5.41 Å². The number of thiazole rings is 1. The zero-order chi connectivity index (χ0) is 19.0. The Morgan fingerprint density at radius 1 is 1.26 bits per heavy atom. The minimum atomic E-state index is -0.394. The summed E-state index contributed by atoms with van der Waals surface area (Å²) in [6.07, 6.45) is 2.73. The Labute approximate surface area is 158 Å². The van der Waals surface area contributed by atoms with Crippen LogP contribution in [0.4, 0.5) is 4.39 Å². The summed E-state index contributed by atoms with van der Waals surface area (Å²) in [7, 11) is 0. The summed E-state index contributed by atoms with van der Waals surface area (Å²) in [4.78, 5) is 9.06. The number of benzene rings is 1. The Bertz CT molecular complexity index is 1190. The van der Waals surface area contributed by atoms with Crippen molar-refractivity contribution >= 4 is 29.0 Å². The van der Waals surface area contributed by atoms with Crippen molar-refractivity contribution in [3.8, 4) is 21.8 Å². The molecule has 4 aromatic rings. The highest BCUT2D eigenvalue weighted by Crippen LogP contribution is 2.37. The molecule has 8 heteroatoms. The number of halogens is 1.